The monoisotopic (exact) mass is 442 g/mol. The van der Waals surface area contributed by atoms with Crippen molar-refractivity contribution in [3.05, 3.63) is 66.2 Å². The van der Waals surface area contributed by atoms with E-state index in [1.165, 1.54) is 22.8 Å². The Morgan fingerprint density at radius 2 is 1.68 bits per heavy atom. The van der Waals surface area contributed by atoms with E-state index < -0.39 is 10.0 Å². The van der Waals surface area contributed by atoms with Crippen LogP contribution in [0.25, 0.3) is 11.3 Å². The van der Waals surface area contributed by atoms with Gasteiger partial charge in [-0.05, 0) is 55.0 Å². The van der Waals surface area contributed by atoms with Gasteiger partial charge in [0.25, 0.3) is 0 Å². The van der Waals surface area contributed by atoms with E-state index in [0.29, 0.717) is 43.4 Å². The molecule has 31 heavy (non-hydrogen) atoms. The van der Waals surface area contributed by atoms with E-state index in [1.54, 1.807) is 37.4 Å². The maximum atomic E-state index is 13.2. The van der Waals surface area contributed by atoms with E-state index in [1.807, 2.05) is 17.9 Å². The lowest BCUT2D eigenvalue weighted by molar-refractivity contribution is 0.383. The van der Waals surface area contributed by atoms with Gasteiger partial charge < -0.3 is 9.64 Å². The highest BCUT2D eigenvalue weighted by atomic mass is 32.2. The third-order valence-electron chi connectivity index (χ3n) is 5.36. The summed E-state index contributed by atoms with van der Waals surface area (Å²) in [6.45, 7) is 3.54. The summed E-state index contributed by atoms with van der Waals surface area (Å²) in [6.07, 6.45) is 1.47. The predicted molar refractivity (Wildman–Crippen MR) is 116 cm³/mol. The number of methoxy groups -OCH3 is 1. The van der Waals surface area contributed by atoms with Crippen molar-refractivity contribution in [2.24, 2.45) is 0 Å². The summed E-state index contributed by atoms with van der Waals surface area (Å²) in [5.74, 6) is 1.07. The van der Waals surface area contributed by atoms with Crippen LogP contribution in [0.5, 0.6) is 5.75 Å². The molecule has 162 valence electrons. The van der Waals surface area contributed by atoms with Crippen LogP contribution in [-0.4, -0.2) is 56.0 Å². The van der Waals surface area contributed by atoms with Crippen LogP contribution in [0.4, 0.5) is 10.2 Å². The fourth-order valence-corrected chi connectivity index (χ4v) is 5.12. The van der Waals surface area contributed by atoms with E-state index >= 15 is 0 Å². The molecule has 1 aliphatic heterocycles. The molecule has 3 aromatic rings. The molecule has 2 heterocycles. The number of nitrogens with zero attached hydrogens (tertiary/aromatic N) is 4. The third kappa shape index (κ3) is 4.38. The molecule has 0 amide bonds. The fourth-order valence-electron chi connectivity index (χ4n) is 3.62. The van der Waals surface area contributed by atoms with Gasteiger partial charge in [-0.1, -0.05) is 0 Å². The molecule has 2 aromatic carbocycles. The summed E-state index contributed by atoms with van der Waals surface area (Å²) in [4.78, 5) is 10.9. The molecule has 0 saturated carbocycles. The first-order valence-electron chi connectivity index (χ1n) is 9.86. The lowest BCUT2D eigenvalue weighted by Gasteiger charge is -2.34. The first-order chi connectivity index (χ1) is 14.9. The number of piperazine rings is 1. The van der Waals surface area contributed by atoms with E-state index in [4.69, 9.17) is 4.74 Å². The average molecular weight is 443 g/mol. The molecule has 0 bridgehead atoms. The second-order valence-corrected chi connectivity index (χ2v) is 9.23. The summed E-state index contributed by atoms with van der Waals surface area (Å²) < 4.78 is 46.0. The molecule has 0 atom stereocenters. The average Bonchev–Trinajstić information content (AvgIpc) is 2.79. The number of anilines is 1. The zero-order valence-corrected chi connectivity index (χ0v) is 18.1. The van der Waals surface area contributed by atoms with Crippen molar-refractivity contribution in [2.45, 2.75) is 11.8 Å². The zero-order valence-electron chi connectivity index (χ0n) is 17.3. The molecule has 0 N–H and O–H groups in total. The molecule has 1 aromatic heterocycles. The van der Waals surface area contributed by atoms with Gasteiger partial charge in [0.1, 0.15) is 23.7 Å². The second-order valence-electron chi connectivity index (χ2n) is 7.29. The molecule has 4 rings (SSSR count). The predicted octanol–water partition coefficient (Wildman–Crippen LogP) is 3.11. The minimum atomic E-state index is -3.59. The Balaban J connectivity index is 1.48. The number of hydrogen-bond donors (Lipinski definition) is 0. The summed E-state index contributed by atoms with van der Waals surface area (Å²) >= 11 is 0. The highest BCUT2D eigenvalue weighted by Gasteiger charge is 2.29. The number of sulfonamides is 1. The highest BCUT2D eigenvalue weighted by Crippen LogP contribution is 2.26. The Hall–Kier alpha value is -3.04. The van der Waals surface area contributed by atoms with E-state index in [0.717, 1.165) is 11.1 Å². The molecular formula is C22H23FN4O3S. The van der Waals surface area contributed by atoms with Crippen molar-refractivity contribution in [2.75, 3.05) is 38.2 Å². The minimum absolute atomic E-state index is 0.264. The van der Waals surface area contributed by atoms with Crippen LogP contribution < -0.4 is 9.64 Å². The van der Waals surface area contributed by atoms with Gasteiger partial charge in [-0.15, -0.1) is 0 Å². The third-order valence-corrected chi connectivity index (χ3v) is 7.25. The van der Waals surface area contributed by atoms with Crippen LogP contribution in [0.15, 0.2) is 59.8 Å². The van der Waals surface area contributed by atoms with Gasteiger partial charge in [0.05, 0.1) is 17.7 Å². The van der Waals surface area contributed by atoms with Crippen molar-refractivity contribution < 1.29 is 17.5 Å². The summed E-state index contributed by atoms with van der Waals surface area (Å²) in [6, 6.07) is 12.8. The highest BCUT2D eigenvalue weighted by molar-refractivity contribution is 7.89. The first kappa shape index (κ1) is 21.2. The normalized spacial score (nSPS) is 15.1. The number of aryl methyl sites for hydroxylation is 1. The Labute approximate surface area is 181 Å². The number of halogens is 1. The Bertz CT molecular complexity index is 1180. The van der Waals surface area contributed by atoms with Gasteiger partial charge >= 0.3 is 0 Å². The summed E-state index contributed by atoms with van der Waals surface area (Å²) in [5, 5.41) is 0. The lowest BCUT2D eigenvalue weighted by atomic mass is 10.1. The molecule has 0 radical (unpaired) electrons. The van der Waals surface area contributed by atoms with E-state index in [9.17, 15) is 12.8 Å². The van der Waals surface area contributed by atoms with E-state index in [2.05, 4.69) is 9.97 Å². The molecule has 1 aliphatic rings. The van der Waals surface area contributed by atoms with Gasteiger partial charge in [0.15, 0.2) is 0 Å². The Morgan fingerprint density at radius 3 is 2.32 bits per heavy atom. The molecule has 1 fully saturated rings. The summed E-state index contributed by atoms with van der Waals surface area (Å²) in [5.41, 5.74) is 2.26. The van der Waals surface area contributed by atoms with Crippen molar-refractivity contribution >= 4 is 15.8 Å². The molecule has 0 spiro atoms. The number of rotatable bonds is 5. The number of ether oxygens (including phenoxy) is 1. The van der Waals surface area contributed by atoms with Gasteiger partial charge in [-0.25, -0.2) is 22.8 Å². The van der Waals surface area contributed by atoms with Gasteiger partial charge in [0, 0.05) is 37.8 Å². The zero-order chi connectivity index (χ0) is 22.0. The second kappa shape index (κ2) is 8.60. The van der Waals surface area contributed by atoms with Crippen molar-refractivity contribution in [3.63, 3.8) is 0 Å². The van der Waals surface area contributed by atoms with Gasteiger partial charge in [0.2, 0.25) is 10.0 Å². The van der Waals surface area contributed by atoms with Crippen LogP contribution in [0.1, 0.15) is 5.56 Å². The standard InChI is InChI=1S/C22H23FN4O3S/c1-16-13-19(7-8-21(16)30-2)31(28,29)27-11-9-26(10-12-27)22-14-20(24-15-25-22)17-3-5-18(23)6-4-17/h3-8,13-15H,9-12H2,1-2H3. The SMILES string of the molecule is COc1ccc(S(=O)(=O)N2CCN(c3cc(-c4ccc(F)cc4)ncn3)CC2)cc1C. The Morgan fingerprint density at radius 1 is 0.968 bits per heavy atom. The minimum Gasteiger partial charge on any atom is -0.496 e. The summed E-state index contributed by atoms with van der Waals surface area (Å²) in [7, 11) is -2.03. The van der Waals surface area contributed by atoms with Crippen LogP contribution in [0.2, 0.25) is 0 Å². The number of aromatic nitrogens is 2. The Kier molecular flexibility index (Phi) is 5.88. The topological polar surface area (TPSA) is 75.6 Å². The smallest absolute Gasteiger partial charge is 0.243 e. The molecule has 9 heteroatoms. The van der Waals surface area contributed by atoms with Crippen LogP contribution in [0.3, 0.4) is 0 Å². The quantitative estimate of drug-likeness (QED) is 0.604. The molecule has 7 nitrogen and oxygen atoms in total. The van der Waals surface area contributed by atoms with Crippen molar-refractivity contribution in [1.29, 1.82) is 0 Å². The van der Waals surface area contributed by atoms with Crippen molar-refractivity contribution in [3.8, 4) is 17.0 Å². The largest absolute Gasteiger partial charge is 0.496 e. The number of benzene rings is 2. The molecular weight excluding hydrogens is 419 g/mol. The van der Waals surface area contributed by atoms with Crippen LogP contribution >= 0.6 is 0 Å². The molecule has 0 unspecified atom stereocenters. The maximum absolute atomic E-state index is 13.2. The maximum Gasteiger partial charge on any atom is 0.243 e. The lowest BCUT2D eigenvalue weighted by Crippen LogP contribution is -2.48. The fraction of sp³-hybridized carbons (Fsp3) is 0.273. The number of hydrogen-bond acceptors (Lipinski definition) is 6. The van der Waals surface area contributed by atoms with E-state index in [-0.39, 0.29) is 10.7 Å². The van der Waals surface area contributed by atoms with Crippen LogP contribution in [-0.2, 0) is 10.0 Å². The van der Waals surface area contributed by atoms with Crippen molar-refractivity contribution in [1.82, 2.24) is 14.3 Å². The van der Waals surface area contributed by atoms with Gasteiger partial charge in [-0.2, -0.15) is 4.31 Å². The van der Waals surface area contributed by atoms with Gasteiger partial charge in [-0.3, -0.25) is 0 Å². The van der Waals surface area contributed by atoms with Crippen LogP contribution in [0, 0.1) is 12.7 Å². The molecule has 1 saturated heterocycles. The first-order valence-corrected chi connectivity index (χ1v) is 11.3. The molecule has 0 aliphatic carbocycles.